The molecule has 0 bridgehead atoms. The average molecular weight is 464 g/mol. The lowest BCUT2D eigenvalue weighted by molar-refractivity contribution is -0.124. The molecule has 174 valence electrons. The van der Waals surface area contributed by atoms with Crippen molar-refractivity contribution in [3.8, 4) is 11.4 Å². The first-order valence-electron chi connectivity index (χ1n) is 10.2. The minimum Gasteiger partial charge on any atom is -0.378 e. The molecule has 1 aliphatic rings. The van der Waals surface area contributed by atoms with Crippen LogP contribution in [0.5, 0.6) is 0 Å². The smallest absolute Gasteiger partial charge is 0.246 e. The van der Waals surface area contributed by atoms with Crippen LogP contribution in [0, 0.1) is 0 Å². The van der Waals surface area contributed by atoms with Crippen LogP contribution in [0.2, 0.25) is 0 Å². The minimum absolute atomic E-state index is 0.0367. The zero-order valence-electron chi connectivity index (χ0n) is 18.4. The van der Waals surface area contributed by atoms with E-state index in [1.54, 1.807) is 37.3 Å². The number of nitrogens with one attached hydrogen (secondary N) is 2. The molecule has 2 amide bonds. The molecule has 2 aromatic rings. The fourth-order valence-corrected chi connectivity index (χ4v) is 3.95. The summed E-state index contributed by atoms with van der Waals surface area (Å²) in [6, 6.07) is 8.15. The van der Waals surface area contributed by atoms with Gasteiger partial charge < -0.3 is 20.3 Å². The van der Waals surface area contributed by atoms with E-state index in [0.29, 0.717) is 49.3 Å². The van der Waals surface area contributed by atoms with Gasteiger partial charge in [-0.05, 0) is 31.2 Å². The Morgan fingerprint density at radius 1 is 1.19 bits per heavy atom. The van der Waals surface area contributed by atoms with E-state index in [9.17, 15) is 18.7 Å². The van der Waals surface area contributed by atoms with Gasteiger partial charge in [-0.15, -0.1) is 0 Å². The van der Waals surface area contributed by atoms with Gasteiger partial charge in [0.1, 0.15) is 11.9 Å². The first-order valence-corrected chi connectivity index (χ1v) is 12.3. The van der Waals surface area contributed by atoms with Crippen LogP contribution < -0.4 is 15.5 Å². The number of nitrogens with zero attached hydrogens (tertiary/aromatic N) is 3. The predicted octanol–water partition coefficient (Wildman–Crippen LogP) is 2.32. The van der Waals surface area contributed by atoms with Gasteiger partial charge in [-0.1, -0.05) is 0 Å². The topological polar surface area (TPSA) is 137 Å². The maximum atomic E-state index is 12.2. The van der Waals surface area contributed by atoms with Crippen molar-refractivity contribution in [2.45, 2.75) is 25.6 Å². The second-order valence-corrected chi connectivity index (χ2v) is 10.0. The number of aromatic nitrogens is 2. The Bertz CT molecular complexity index is 958. The fourth-order valence-electron chi connectivity index (χ4n) is 3.24. The summed E-state index contributed by atoms with van der Waals surface area (Å²) < 4.78 is 25.3. The van der Waals surface area contributed by atoms with E-state index in [4.69, 9.17) is 4.74 Å². The van der Waals surface area contributed by atoms with Crippen molar-refractivity contribution in [3.63, 3.8) is 0 Å². The lowest BCUT2D eigenvalue weighted by Crippen LogP contribution is -2.40. The summed E-state index contributed by atoms with van der Waals surface area (Å²) in [5.74, 6) is 0.596. The zero-order valence-corrected chi connectivity index (χ0v) is 19.2. The van der Waals surface area contributed by atoms with Gasteiger partial charge in [0.15, 0.2) is 5.82 Å². The van der Waals surface area contributed by atoms with Crippen molar-refractivity contribution in [1.29, 1.82) is 0 Å². The monoisotopic (exact) mass is 463 g/mol. The first kappa shape index (κ1) is 23.9. The second kappa shape index (κ2) is 10.3. The van der Waals surface area contributed by atoms with Crippen LogP contribution in [-0.2, 0) is 20.1 Å². The van der Waals surface area contributed by atoms with Gasteiger partial charge in [0.25, 0.3) is 0 Å². The summed E-state index contributed by atoms with van der Waals surface area (Å²) in [6.07, 6.45) is 1.39. The van der Waals surface area contributed by atoms with Crippen LogP contribution in [0.15, 0.2) is 30.3 Å². The lowest BCUT2D eigenvalue weighted by atomic mass is 10.1. The van der Waals surface area contributed by atoms with Crippen molar-refractivity contribution in [1.82, 2.24) is 15.3 Å². The van der Waals surface area contributed by atoms with Crippen molar-refractivity contribution >= 4 is 33.9 Å². The third-order valence-electron chi connectivity index (χ3n) is 4.75. The summed E-state index contributed by atoms with van der Waals surface area (Å²) >= 11 is 0. The molecule has 0 radical (unpaired) electrons. The molecule has 1 saturated heterocycles. The molecule has 1 aliphatic heterocycles. The molecule has 1 unspecified atom stereocenters. The van der Waals surface area contributed by atoms with Crippen LogP contribution in [0.25, 0.3) is 11.4 Å². The number of morpholine rings is 1. The molecular formula is C21H29N5O5S. The van der Waals surface area contributed by atoms with Crippen LogP contribution >= 0.6 is 10.6 Å². The molecule has 1 fully saturated rings. The van der Waals surface area contributed by atoms with E-state index in [0.717, 1.165) is 5.56 Å². The van der Waals surface area contributed by atoms with Gasteiger partial charge in [-0.3, -0.25) is 18.7 Å². The van der Waals surface area contributed by atoms with E-state index in [1.807, 2.05) is 0 Å². The second-order valence-electron chi connectivity index (χ2n) is 7.77. The van der Waals surface area contributed by atoms with Crippen molar-refractivity contribution in [2.24, 2.45) is 0 Å². The highest BCUT2D eigenvalue weighted by molar-refractivity contribution is 8.23. The Morgan fingerprint density at radius 3 is 2.44 bits per heavy atom. The van der Waals surface area contributed by atoms with Crippen LogP contribution in [0.3, 0.4) is 0 Å². The molecule has 10 nitrogen and oxygen atoms in total. The van der Waals surface area contributed by atoms with E-state index in [-0.39, 0.29) is 17.6 Å². The number of ether oxygens (including phenoxy) is 1. The molecule has 3 rings (SSSR count). The Balaban J connectivity index is 1.83. The van der Waals surface area contributed by atoms with Gasteiger partial charge in [0, 0.05) is 43.6 Å². The highest BCUT2D eigenvalue weighted by Gasteiger charge is 2.18. The summed E-state index contributed by atoms with van der Waals surface area (Å²) in [6.45, 7) is 5.54. The Morgan fingerprint density at radius 2 is 1.84 bits per heavy atom. The Kier molecular flexibility index (Phi) is 7.67. The number of rotatable bonds is 7. The molecule has 1 atom stereocenters. The van der Waals surface area contributed by atoms with E-state index in [1.165, 1.54) is 13.2 Å². The van der Waals surface area contributed by atoms with Crippen molar-refractivity contribution < 1.29 is 23.4 Å². The minimum atomic E-state index is -2.77. The van der Waals surface area contributed by atoms with Gasteiger partial charge >= 0.3 is 0 Å². The van der Waals surface area contributed by atoms with E-state index in [2.05, 4.69) is 25.5 Å². The molecule has 0 spiro atoms. The molecule has 1 aromatic heterocycles. The Labute approximate surface area is 188 Å². The first-order chi connectivity index (χ1) is 15.1. The SMILES string of the molecule is CC(=O)NC(C)C(=O)Nc1ccc(-c2nc(CS(C)(O)O)cc(N3CCOCC3)n2)cc1. The van der Waals surface area contributed by atoms with E-state index < -0.39 is 16.6 Å². The molecular weight excluding hydrogens is 434 g/mol. The van der Waals surface area contributed by atoms with Crippen LogP contribution in [0.1, 0.15) is 19.5 Å². The maximum Gasteiger partial charge on any atom is 0.246 e. The quantitative estimate of drug-likeness (QED) is 0.491. The van der Waals surface area contributed by atoms with Crippen LogP contribution in [-0.4, -0.2) is 69.5 Å². The summed E-state index contributed by atoms with van der Waals surface area (Å²) in [7, 11) is -2.77. The number of carbonyl (C=O) groups excluding carboxylic acids is 2. The number of amides is 2. The molecule has 32 heavy (non-hydrogen) atoms. The average Bonchev–Trinajstić information content (AvgIpc) is 2.73. The maximum absolute atomic E-state index is 12.2. The molecule has 0 saturated carbocycles. The summed E-state index contributed by atoms with van der Waals surface area (Å²) in [4.78, 5) is 34.6. The number of hydrogen-bond acceptors (Lipinski definition) is 8. The molecule has 0 aliphatic carbocycles. The highest BCUT2D eigenvalue weighted by Crippen LogP contribution is 2.38. The summed E-state index contributed by atoms with van der Waals surface area (Å²) in [5.41, 5.74) is 1.84. The highest BCUT2D eigenvalue weighted by atomic mass is 32.3. The van der Waals surface area contributed by atoms with Gasteiger partial charge in [0.2, 0.25) is 11.8 Å². The largest absolute Gasteiger partial charge is 0.378 e. The predicted molar refractivity (Wildman–Crippen MR) is 125 cm³/mol. The Hall–Kier alpha value is -2.73. The third-order valence-corrected chi connectivity index (χ3v) is 5.59. The molecule has 11 heteroatoms. The standard InChI is InChI=1S/C21H29N5O5S/c1-14(22-15(2)27)21(28)24-17-6-4-16(5-7-17)20-23-18(13-32(3,29)30)12-19(25-20)26-8-10-31-11-9-26/h4-7,12,14,29-30H,8-11,13H2,1-3H3,(H,22,27)(H,24,28). The van der Waals surface area contributed by atoms with Gasteiger partial charge in [0.05, 0.1) is 24.7 Å². The third kappa shape index (κ3) is 6.89. The normalized spacial score (nSPS) is 15.7. The van der Waals surface area contributed by atoms with Crippen LogP contribution in [0.4, 0.5) is 11.5 Å². The summed E-state index contributed by atoms with van der Waals surface area (Å²) in [5, 5.41) is 5.29. The zero-order chi connectivity index (χ0) is 23.3. The molecule has 1 aromatic carbocycles. The lowest BCUT2D eigenvalue weighted by Gasteiger charge is -2.30. The molecule has 4 N–H and O–H groups in total. The van der Waals surface area contributed by atoms with E-state index >= 15 is 0 Å². The number of hydrogen-bond donors (Lipinski definition) is 4. The van der Waals surface area contributed by atoms with Gasteiger partial charge in [-0.2, -0.15) is 10.6 Å². The van der Waals surface area contributed by atoms with Crippen molar-refractivity contribution in [2.75, 3.05) is 42.8 Å². The fraction of sp³-hybridized carbons (Fsp3) is 0.429. The van der Waals surface area contributed by atoms with Gasteiger partial charge in [-0.25, -0.2) is 9.97 Å². The van der Waals surface area contributed by atoms with Crippen molar-refractivity contribution in [3.05, 3.63) is 36.0 Å². The number of anilines is 2. The number of benzene rings is 1. The number of carbonyl (C=O) groups is 2. The molecule has 2 heterocycles.